The summed E-state index contributed by atoms with van der Waals surface area (Å²) in [5.74, 6) is 0.743. The molecule has 5 heteroatoms. The second-order valence-corrected chi connectivity index (χ2v) is 5.92. The fourth-order valence-corrected chi connectivity index (χ4v) is 2.35. The van der Waals surface area contributed by atoms with Crippen LogP contribution in [0.4, 0.5) is 0 Å². The van der Waals surface area contributed by atoms with Gasteiger partial charge in [0.2, 0.25) is 0 Å². The predicted octanol–water partition coefficient (Wildman–Crippen LogP) is 5.03. The molecule has 0 spiro atoms. The maximum atomic E-state index is 9.28. The minimum absolute atomic E-state index is 0. The first kappa shape index (κ1) is 20.8. The molecule has 0 amide bonds. The highest BCUT2D eigenvalue weighted by atomic mass is 35.5. The number of halogens is 2. The second kappa shape index (κ2) is 9.71. The maximum Gasteiger partial charge on any atom is 0.188 e. The van der Waals surface area contributed by atoms with E-state index in [0.29, 0.717) is 12.5 Å². The van der Waals surface area contributed by atoms with E-state index in [2.05, 4.69) is 6.07 Å². The molecular formula is C17H24Cl2N2O. The van der Waals surface area contributed by atoms with Crippen molar-refractivity contribution >= 4 is 29.9 Å². The zero-order valence-corrected chi connectivity index (χ0v) is 14.9. The Morgan fingerprint density at radius 3 is 2.68 bits per heavy atom. The molecule has 0 aromatic heterocycles. The predicted molar refractivity (Wildman–Crippen MR) is 94.4 cm³/mol. The first-order valence-corrected chi connectivity index (χ1v) is 7.78. The van der Waals surface area contributed by atoms with E-state index in [1.54, 1.807) is 0 Å². The minimum atomic E-state index is -0.541. The summed E-state index contributed by atoms with van der Waals surface area (Å²) in [4.78, 5) is 0. The van der Waals surface area contributed by atoms with Gasteiger partial charge in [-0.25, -0.2) is 0 Å². The molecule has 3 nitrogen and oxygen atoms in total. The van der Waals surface area contributed by atoms with Gasteiger partial charge in [-0.1, -0.05) is 24.3 Å². The number of alkyl halides is 1. The highest BCUT2D eigenvalue weighted by Gasteiger charge is 2.23. The third kappa shape index (κ3) is 5.51. The van der Waals surface area contributed by atoms with Crippen LogP contribution in [-0.2, 0) is 10.2 Å². The number of hydrogen-bond acceptors (Lipinski definition) is 3. The summed E-state index contributed by atoms with van der Waals surface area (Å²) >= 11 is 5.79. The molecule has 1 aromatic carbocycles. The first-order chi connectivity index (χ1) is 9.96. The quantitative estimate of drug-likeness (QED) is 0.429. The summed E-state index contributed by atoms with van der Waals surface area (Å²) in [6.07, 6.45) is 1.60. The molecular weight excluding hydrogens is 319 g/mol. The van der Waals surface area contributed by atoms with Crippen LogP contribution in [0.2, 0.25) is 0 Å². The molecule has 22 heavy (non-hydrogen) atoms. The van der Waals surface area contributed by atoms with Crippen LogP contribution < -0.4 is 0 Å². The Bertz CT molecular complexity index is 524. The summed E-state index contributed by atoms with van der Waals surface area (Å²) in [7, 11) is 0. The van der Waals surface area contributed by atoms with E-state index in [-0.39, 0.29) is 24.2 Å². The van der Waals surface area contributed by atoms with Crippen molar-refractivity contribution in [2.45, 2.75) is 44.9 Å². The average molecular weight is 343 g/mol. The fourth-order valence-electron chi connectivity index (χ4n) is 2.20. The van der Waals surface area contributed by atoms with Crippen molar-refractivity contribution in [2.24, 2.45) is 0 Å². The van der Waals surface area contributed by atoms with Crippen molar-refractivity contribution in [1.29, 1.82) is 10.7 Å². The molecule has 1 atom stereocenters. The molecule has 0 bridgehead atoms. The lowest BCUT2D eigenvalue weighted by atomic mass is 9.83. The molecule has 0 aliphatic rings. The van der Waals surface area contributed by atoms with Crippen LogP contribution in [0.3, 0.4) is 0 Å². The van der Waals surface area contributed by atoms with Crippen LogP contribution in [-0.4, -0.2) is 18.4 Å². The topological polar surface area (TPSA) is 56.9 Å². The van der Waals surface area contributed by atoms with Gasteiger partial charge in [-0.2, -0.15) is 5.26 Å². The normalized spacial score (nSPS) is 12.0. The van der Waals surface area contributed by atoms with Crippen molar-refractivity contribution in [2.75, 3.05) is 12.5 Å². The van der Waals surface area contributed by atoms with E-state index < -0.39 is 5.41 Å². The number of rotatable bonds is 7. The monoisotopic (exact) mass is 342 g/mol. The highest BCUT2D eigenvalue weighted by Crippen LogP contribution is 2.29. The molecule has 1 aromatic rings. The molecule has 1 rings (SSSR count). The van der Waals surface area contributed by atoms with Crippen LogP contribution in [0.5, 0.6) is 0 Å². The summed E-state index contributed by atoms with van der Waals surface area (Å²) < 4.78 is 5.38. The van der Waals surface area contributed by atoms with Gasteiger partial charge in [0, 0.05) is 5.88 Å². The van der Waals surface area contributed by atoms with Gasteiger partial charge < -0.3 is 4.74 Å². The van der Waals surface area contributed by atoms with Crippen molar-refractivity contribution in [3.63, 3.8) is 0 Å². The smallest absolute Gasteiger partial charge is 0.188 e. The van der Waals surface area contributed by atoms with Gasteiger partial charge in [-0.15, -0.1) is 24.0 Å². The summed E-state index contributed by atoms with van der Waals surface area (Å²) in [5.41, 5.74) is 1.43. The molecule has 0 heterocycles. The molecule has 0 fully saturated rings. The van der Waals surface area contributed by atoms with Gasteiger partial charge in [-0.3, -0.25) is 5.41 Å². The second-order valence-electron chi connectivity index (χ2n) is 5.54. The van der Waals surface area contributed by atoms with E-state index >= 15 is 0 Å². The SMILES string of the molecule is CCOC(=N)C(CCCCl)c1cccc(C(C)(C)C#N)c1.Cl. The van der Waals surface area contributed by atoms with Crippen LogP contribution >= 0.6 is 24.0 Å². The average Bonchev–Trinajstić information content (AvgIpc) is 2.48. The van der Waals surface area contributed by atoms with Crippen molar-refractivity contribution in [1.82, 2.24) is 0 Å². The third-order valence-electron chi connectivity index (χ3n) is 3.53. The fraction of sp³-hybridized carbons (Fsp3) is 0.529. The van der Waals surface area contributed by atoms with E-state index in [1.165, 1.54) is 0 Å². The number of ether oxygens (including phenoxy) is 1. The van der Waals surface area contributed by atoms with Gasteiger partial charge in [0.05, 0.1) is 24.0 Å². The first-order valence-electron chi connectivity index (χ1n) is 7.25. The zero-order chi connectivity index (χ0) is 15.9. The lowest BCUT2D eigenvalue weighted by Crippen LogP contribution is -2.18. The van der Waals surface area contributed by atoms with Crippen LogP contribution in [0.25, 0.3) is 0 Å². The molecule has 0 radical (unpaired) electrons. The molecule has 0 saturated heterocycles. The van der Waals surface area contributed by atoms with Crippen LogP contribution in [0.15, 0.2) is 24.3 Å². The molecule has 0 aliphatic carbocycles. The zero-order valence-electron chi connectivity index (χ0n) is 13.4. The Morgan fingerprint density at radius 2 is 2.14 bits per heavy atom. The highest BCUT2D eigenvalue weighted by molar-refractivity contribution is 6.17. The molecule has 122 valence electrons. The van der Waals surface area contributed by atoms with Crippen LogP contribution in [0.1, 0.15) is 50.7 Å². The number of nitrogens with zero attached hydrogens (tertiary/aromatic N) is 1. The van der Waals surface area contributed by atoms with Crippen molar-refractivity contribution in [3.8, 4) is 6.07 Å². The lowest BCUT2D eigenvalue weighted by molar-refractivity contribution is 0.305. The molecule has 1 N–H and O–H groups in total. The van der Waals surface area contributed by atoms with E-state index in [1.807, 2.05) is 45.0 Å². The Labute approximate surface area is 144 Å². The van der Waals surface area contributed by atoms with Gasteiger partial charge >= 0.3 is 0 Å². The van der Waals surface area contributed by atoms with Crippen LogP contribution in [0, 0.1) is 16.7 Å². The molecule has 0 aliphatic heterocycles. The van der Waals surface area contributed by atoms with Gasteiger partial charge in [0.1, 0.15) is 0 Å². The minimum Gasteiger partial charge on any atom is -0.481 e. The van der Waals surface area contributed by atoms with E-state index in [9.17, 15) is 5.26 Å². The summed E-state index contributed by atoms with van der Waals surface area (Å²) in [6.45, 7) is 6.16. The molecule has 0 saturated carbocycles. The lowest BCUT2D eigenvalue weighted by Gasteiger charge is -2.21. The number of nitrogens with one attached hydrogen (secondary N) is 1. The molecule has 1 unspecified atom stereocenters. The Hall–Kier alpha value is -1.24. The third-order valence-corrected chi connectivity index (χ3v) is 3.80. The number of benzene rings is 1. The van der Waals surface area contributed by atoms with Gasteiger partial charge in [-0.05, 0) is 44.7 Å². The van der Waals surface area contributed by atoms with Crippen molar-refractivity contribution in [3.05, 3.63) is 35.4 Å². The largest absolute Gasteiger partial charge is 0.481 e. The van der Waals surface area contributed by atoms with Gasteiger partial charge in [0.25, 0.3) is 0 Å². The standard InChI is InChI=1S/C17H23ClN2O.ClH/c1-4-21-16(20)15(9-6-10-18)13-7-5-8-14(11-13)17(2,3)12-19;/h5,7-8,11,15,20H,4,6,9-10H2,1-3H3;1H. The van der Waals surface area contributed by atoms with Gasteiger partial charge in [0.15, 0.2) is 5.90 Å². The Kier molecular flexibility index (Phi) is 9.16. The summed E-state index contributed by atoms with van der Waals surface area (Å²) in [5, 5.41) is 17.4. The summed E-state index contributed by atoms with van der Waals surface area (Å²) in [6, 6.07) is 10.2. The number of nitriles is 1. The number of hydrogen-bond donors (Lipinski definition) is 1. The van der Waals surface area contributed by atoms with Crippen molar-refractivity contribution < 1.29 is 4.74 Å². The van der Waals surface area contributed by atoms with E-state index in [4.69, 9.17) is 21.7 Å². The Morgan fingerprint density at radius 1 is 1.45 bits per heavy atom. The Balaban J connectivity index is 0.00000441. The maximum absolute atomic E-state index is 9.28. The van der Waals surface area contributed by atoms with E-state index in [0.717, 1.165) is 24.0 Å².